The Bertz CT molecular complexity index is 3080. The second-order valence-electron chi connectivity index (χ2n) is 18.4. The molecule has 0 saturated carbocycles. The SMILES string of the molecule is CC(C)(C)c1ccc(COc2cccc(C(=O)Nc3ccccc3S(=O)(=O)NC(=O)/C=C/c3ccccc3)c2)cc1.CC(C)(C)c1ccc(COc2cccc(C(=O)Nc3ccccc3SOON)c2)cc1. The van der Waals surface area contributed by atoms with Gasteiger partial charge in [0, 0.05) is 17.2 Å². The van der Waals surface area contributed by atoms with E-state index in [9.17, 15) is 22.8 Å². The number of para-hydroxylation sites is 2. The zero-order chi connectivity index (χ0) is 51.7. The fraction of sp³-hybridized carbons (Fsp3) is 0.175. The summed E-state index contributed by atoms with van der Waals surface area (Å²) in [5.41, 5.74) is 6.87. The average molecular weight is 1010 g/mol. The maximum Gasteiger partial charge on any atom is 0.266 e. The van der Waals surface area contributed by atoms with Crippen molar-refractivity contribution in [2.45, 2.75) is 75.4 Å². The zero-order valence-electron chi connectivity index (χ0n) is 40.9. The van der Waals surface area contributed by atoms with E-state index < -0.39 is 21.8 Å². The lowest BCUT2D eigenvalue weighted by molar-refractivity contribution is -0.195. The molecule has 0 unspecified atom stereocenters. The van der Waals surface area contributed by atoms with Crippen molar-refractivity contribution < 1.29 is 41.6 Å². The minimum Gasteiger partial charge on any atom is -0.489 e. The third-order valence-corrected chi connectivity index (χ3v) is 12.9. The molecule has 0 aromatic heterocycles. The van der Waals surface area contributed by atoms with Crippen LogP contribution in [0.15, 0.2) is 192 Å². The highest BCUT2D eigenvalue weighted by atomic mass is 32.2. The number of benzene rings is 7. The number of hydrogen-bond acceptors (Lipinski definition) is 11. The maximum atomic E-state index is 13.1. The van der Waals surface area contributed by atoms with Gasteiger partial charge in [0.05, 0.1) is 28.3 Å². The Morgan fingerprint density at radius 1 is 0.569 bits per heavy atom. The van der Waals surface area contributed by atoms with Crippen molar-refractivity contribution in [2.24, 2.45) is 5.90 Å². The average Bonchev–Trinajstić information content (AvgIpc) is 3.37. The molecule has 15 heteroatoms. The normalized spacial score (nSPS) is 11.5. The molecule has 0 aliphatic carbocycles. The van der Waals surface area contributed by atoms with Gasteiger partial charge in [-0.1, -0.05) is 157 Å². The molecule has 72 heavy (non-hydrogen) atoms. The molecule has 0 atom stereocenters. The number of anilines is 2. The summed E-state index contributed by atoms with van der Waals surface area (Å²) in [6.45, 7) is 13.8. The maximum absolute atomic E-state index is 13.1. The number of carbonyl (C=O) groups excluding carboxylic acids is 3. The Morgan fingerprint density at radius 3 is 1.56 bits per heavy atom. The van der Waals surface area contributed by atoms with E-state index in [1.165, 1.54) is 35.4 Å². The van der Waals surface area contributed by atoms with Gasteiger partial charge >= 0.3 is 0 Å². The quantitative estimate of drug-likeness (QED) is 0.0295. The van der Waals surface area contributed by atoms with Crippen LogP contribution < -0.4 is 30.7 Å². The minimum atomic E-state index is -4.27. The van der Waals surface area contributed by atoms with E-state index in [0.29, 0.717) is 40.9 Å². The van der Waals surface area contributed by atoms with Crippen molar-refractivity contribution in [1.29, 1.82) is 0 Å². The fourth-order valence-electron chi connectivity index (χ4n) is 6.84. The summed E-state index contributed by atoms with van der Waals surface area (Å²) in [5.74, 6) is 4.40. The van der Waals surface area contributed by atoms with Gasteiger partial charge in [-0.05, 0) is 105 Å². The van der Waals surface area contributed by atoms with Crippen molar-refractivity contribution in [3.8, 4) is 11.5 Å². The largest absolute Gasteiger partial charge is 0.489 e. The van der Waals surface area contributed by atoms with Crippen LogP contribution in [0.1, 0.15) is 90.1 Å². The summed E-state index contributed by atoms with van der Waals surface area (Å²) in [7, 11) is -4.27. The highest BCUT2D eigenvalue weighted by Crippen LogP contribution is 2.29. The Balaban J connectivity index is 0.000000245. The summed E-state index contributed by atoms with van der Waals surface area (Å²) in [6.07, 6.45) is 2.65. The first-order valence-corrected chi connectivity index (χ1v) is 25.1. The van der Waals surface area contributed by atoms with Gasteiger partial charge in [-0.2, -0.15) is 5.90 Å². The molecule has 7 aromatic carbocycles. The van der Waals surface area contributed by atoms with E-state index >= 15 is 0 Å². The first-order chi connectivity index (χ1) is 34.4. The molecule has 0 bridgehead atoms. The third kappa shape index (κ3) is 16.3. The van der Waals surface area contributed by atoms with Crippen LogP contribution in [0.25, 0.3) is 6.08 Å². The molecule has 13 nitrogen and oxygen atoms in total. The number of sulfonamides is 1. The van der Waals surface area contributed by atoms with Crippen LogP contribution in [0.3, 0.4) is 0 Å². The van der Waals surface area contributed by atoms with Gasteiger partial charge in [-0.25, -0.2) is 13.1 Å². The van der Waals surface area contributed by atoms with Crippen LogP contribution in [0, 0.1) is 0 Å². The van der Waals surface area contributed by atoms with Crippen molar-refractivity contribution in [3.05, 3.63) is 221 Å². The molecule has 0 radical (unpaired) electrons. The molecule has 0 saturated heterocycles. The smallest absolute Gasteiger partial charge is 0.266 e. The van der Waals surface area contributed by atoms with Gasteiger partial charge in [0.25, 0.3) is 27.7 Å². The molecule has 0 heterocycles. The standard InChI is InChI=1S/C33H32N2O5S.C24H26N2O4S/c1-33(2,3)27-19-16-25(17-20-27)23-40-28-13-9-12-26(22-28)32(37)34-29-14-7-8-15-30(29)41(38,39)35-31(36)21-18-24-10-5-4-6-11-24;1-24(2,3)19-13-11-17(12-14-19)16-28-20-8-6-7-18(15-20)23(27)26-21-9-4-5-10-22(21)31-30-29-25/h4-22H,23H2,1-3H3,(H,34,37)(H,35,36);4-15H,16,25H2,1-3H3,(H,26,27)/b21-18+;. The topological polar surface area (TPSA) is 184 Å². The van der Waals surface area contributed by atoms with Gasteiger partial charge in [0.15, 0.2) is 0 Å². The Kier molecular flexibility index (Phi) is 18.7. The summed E-state index contributed by atoms with van der Waals surface area (Å²) in [5, 5.41) is 5.51. The highest BCUT2D eigenvalue weighted by Gasteiger charge is 2.22. The first kappa shape index (κ1) is 53.8. The van der Waals surface area contributed by atoms with Crippen LogP contribution in [0.2, 0.25) is 0 Å². The predicted octanol–water partition coefficient (Wildman–Crippen LogP) is 12.0. The van der Waals surface area contributed by atoms with E-state index in [1.807, 2.05) is 41.1 Å². The van der Waals surface area contributed by atoms with Crippen LogP contribution in [-0.2, 0) is 48.2 Å². The molecule has 0 fully saturated rings. The van der Waals surface area contributed by atoms with Crippen LogP contribution in [0.5, 0.6) is 11.5 Å². The van der Waals surface area contributed by atoms with E-state index in [1.54, 1.807) is 84.9 Å². The van der Waals surface area contributed by atoms with E-state index in [2.05, 4.69) is 97.9 Å². The van der Waals surface area contributed by atoms with Crippen molar-refractivity contribution in [1.82, 2.24) is 4.72 Å². The molecule has 7 aromatic rings. The van der Waals surface area contributed by atoms with Gasteiger partial charge < -0.3 is 20.1 Å². The summed E-state index contributed by atoms with van der Waals surface area (Å²) < 4.78 is 44.5. The molecule has 0 spiro atoms. The van der Waals surface area contributed by atoms with Gasteiger partial charge in [0.1, 0.15) is 29.6 Å². The van der Waals surface area contributed by atoms with Crippen LogP contribution in [-0.4, -0.2) is 26.1 Å². The van der Waals surface area contributed by atoms with Crippen molar-refractivity contribution in [2.75, 3.05) is 10.6 Å². The van der Waals surface area contributed by atoms with Crippen LogP contribution in [0.4, 0.5) is 11.4 Å². The molecule has 372 valence electrons. The first-order valence-electron chi connectivity index (χ1n) is 22.8. The van der Waals surface area contributed by atoms with E-state index in [0.717, 1.165) is 34.8 Å². The molecular weight excluding hydrogens is 949 g/mol. The second-order valence-corrected chi connectivity index (χ2v) is 20.8. The number of ether oxygens (including phenoxy) is 2. The Morgan fingerprint density at radius 2 is 1.04 bits per heavy atom. The van der Waals surface area contributed by atoms with Gasteiger partial charge in [-0.3, -0.25) is 14.4 Å². The van der Waals surface area contributed by atoms with E-state index in [4.69, 9.17) is 15.4 Å². The monoisotopic (exact) mass is 1010 g/mol. The summed E-state index contributed by atoms with van der Waals surface area (Å²) in [4.78, 5) is 42.7. The number of carbonyl (C=O) groups is 3. The summed E-state index contributed by atoms with van der Waals surface area (Å²) in [6, 6.07) is 52.4. The Labute approximate surface area is 425 Å². The zero-order valence-corrected chi connectivity index (χ0v) is 42.5. The molecule has 7 rings (SSSR count). The lowest BCUT2D eigenvalue weighted by Gasteiger charge is -2.19. The Hall–Kier alpha value is -7.53. The second kappa shape index (κ2) is 25.0. The number of nitrogens with one attached hydrogen (secondary N) is 3. The molecule has 3 amide bonds. The van der Waals surface area contributed by atoms with E-state index in [-0.39, 0.29) is 32.9 Å². The number of rotatable bonds is 17. The predicted molar refractivity (Wildman–Crippen MR) is 284 cm³/mol. The minimum absolute atomic E-state index is 0.0371. The molecule has 0 aliphatic heterocycles. The van der Waals surface area contributed by atoms with Gasteiger partial charge in [0.2, 0.25) is 0 Å². The summed E-state index contributed by atoms with van der Waals surface area (Å²) >= 11 is 0.909. The lowest BCUT2D eigenvalue weighted by Crippen LogP contribution is -2.30. The van der Waals surface area contributed by atoms with Crippen molar-refractivity contribution in [3.63, 3.8) is 0 Å². The number of hydrogen-bond donors (Lipinski definition) is 4. The molecule has 0 aliphatic rings. The number of amides is 3. The fourth-order valence-corrected chi connectivity index (χ4v) is 8.40. The lowest BCUT2D eigenvalue weighted by atomic mass is 9.87. The highest BCUT2D eigenvalue weighted by molar-refractivity contribution is 7.94. The third-order valence-electron chi connectivity index (χ3n) is 10.8. The molecular formula is C57H58N4O9S2. The number of nitrogens with two attached hydrogens (primary N) is 1. The van der Waals surface area contributed by atoms with Crippen LogP contribution >= 0.6 is 12.0 Å². The molecule has 5 N–H and O–H groups in total. The van der Waals surface area contributed by atoms with Gasteiger partial charge in [-0.15, -0.1) is 9.32 Å². The van der Waals surface area contributed by atoms with Crippen molar-refractivity contribution >= 4 is 57.2 Å².